The number of aryl methyl sites for hydroxylation is 1. The maximum absolute atomic E-state index is 9.43. The van der Waals surface area contributed by atoms with Gasteiger partial charge in [-0.2, -0.15) is 0 Å². The summed E-state index contributed by atoms with van der Waals surface area (Å²) in [5, 5.41) is 14.2. The molecule has 0 radical (unpaired) electrons. The van der Waals surface area contributed by atoms with Crippen LogP contribution in [-0.4, -0.2) is 40.9 Å². The van der Waals surface area contributed by atoms with Crippen molar-refractivity contribution in [2.45, 2.75) is 19.8 Å². The number of aromatic nitrogens is 1. The van der Waals surface area contributed by atoms with Crippen LogP contribution in [0.15, 0.2) is 29.4 Å². The van der Waals surface area contributed by atoms with Gasteiger partial charge in [0.1, 0.15) is 5.71 Å². The first-order chi connectivity index (χ1) is 9.67. The maximum atomic E-state index is 9.43. The number of likely N-dealkylation sites (tertiary alicyclic amines) is 1. The Morgan fingerprint density at radius 3 is 2.75 bits per heavy atom. The number of hydrogen-bond donors (Lipinski definition) is 2. The predicted octanol–water partition coefficient (Wildman–Crippen LogP) is 3.00. The Labute approximate surface area is 119 Å². The lowest BCUT2D eigenvalue weighted by atomic mass is 9.90. The van der Waals surface area contributed by atoms with Gasteiger partial charge in [0.2, 0.25) is 0 Å². The number of hydrogen-bond acceptors (Lipinski definition) is 3. The van der Waals surface area contributed by atoms with Crippen LogP contribution in [0.4, 0.5) is 0 Å². The summed E-state index contributed by atoms with van der Waals surface area (Å²) in [6.07, 6.45) is 2.09. The number of aromatic amines is 1. The van der Waals surface area contributed by atoms with E-state index in [0.29, 0.717) is 5.92 Å². The van der Waals surface area contributed by atoms with Crippen LogP contribution in [0.5, 0.6) is 0 Å². The van der Waals surface area contributed by atoms with Crippen molar-refractivity contribution in [2.75, 3.05) is 20.1 Å². The zero-order chi connectivity index (χ0) is 14.1. The Morgan fingerprint density at radius 1 is 1.30 bits per heavy atom. The molecule has 1 aromatic heterocycles. The van der Waals surface area contributed by atoms with Crippen molar-refractivity contribution in [3.63, 3.8) is 0 Å². The molecule has 0 spiro atoms. The smallest absolute Gasteiger partial charge is 0.106 e. The van der Waals surface area contributed by atoms with E-state index in [2.05, 4.69) is 53.3 Å². The van der Waals surface area contributed by atoms with Gasteiger partial charge in [-0.05, 0) is 58.1 Å². The van der Waals surface area contributed by atoms with Gasteiger partial charge in [-0.15, -0.1) is 0 Å². The first-order valence-corrected chi connectivity index (χ1v) is 7.17. The van der Waals surface area contributed by atoms with Crippen molar-refractivity contribution >= 4 is 16.6 Å². The van der Waals surface area contributed by atoms with E-state index in [4.69, 9.17) is 0 Å². The van der Waals surface area contributed by atoms with Gasteiger partial charge in [-0.3, -0.25) is 0 Å². The molecule has 106 valence electrons. The normalized spacial score (nSPS) is 18.8. The van der Waals surface area contributed by atoms with Crippen LogP contribution in [0.1, 0.15) is 24.1 Å². The van der Waals surface area contributed by atoms with E-state index in [0.717, 1.165) is 42.9 Å². The largest absolute Gasteiger partial charge is 0.411 e. The van der Waals surface area contributed by atoms with E-state index >= 15 is 0 Å². The summed E-state index contributed by atoms with van der Waals surface area (Å²) in [6, 6.07) is 8.42. The molecule has 2 aromatic rings. The summed E-state index contributed by atoms with van der Waals surface area (Å²) in [7, 11) is 2.14. The van der Waals surface area contributed by atoms with Crippen molar-refractivity contribution in [3.05, 3.63) is 35.5 Å². The van der Waals surface area contributed by atoms with Crippen LogP contribution in [0, 0.1) is 12.8 Å². The Hall–Kier alpha value is -1.81. The lowest BCUT2D eigenvalue weighted by Crippen LogP contribution is -2.34. The Morgan fingerprint density at radius 2 is 2.05 bits per heavy atom. The van der Waals surface area contributed by atoms with Crippen molar-refractivity contribution in [1.82, 2.24) is 9.88 Å². The molecule has 1 aromatic carbocycles. The molecule has 1 aliphatic rings. The van der Waals surface area contributed by atoms with Gasteiger partial charge < -0.3 is 15.1 Å². The molecule has 3 rings (SSSR count). The second-order valence-electron chi connectivity index (χ2n) is 5.84. The second-order valence-corrected chi connectivity index (χ2v) is 5.84. The minimum atomic E-state index is 0.338. The van der Waals surface area contributed by atoms with Crippen LogP contribution in [0.3, 0.4) is 0 Å². The van der Waals surface area contributed by atoms with Crippen molar-refractivity contribution < 1.29 is 5.21 Å². The van der Waals surface area contributed by atoms with Crippen LogP contribution in [0.2, 0.25) is 0 Å². The average molecular weight is 271 g/mol. The Bertz CT molecular complexity index is 636. The van der Waals surface area contributed by atoms with Gasteiger partial charge in [0.25, 0.3) is 0 Å². The quantitative estimate of drug-likeness (QED) is 0.501. The lowest BCUT2D eigenvalue weighted by molar-refractivity contribution is 0.246. The topological polar surface area (TPSA) is 51.6 Å². The number of oxime groups is 1. The fourth-order valence-corrected chi connectivity index (χ4v) is 3.03. The molecule has 20 heavy (non-hydrogen) atoms. The highest BCUT2D eigenvalue weighted by Gasteiger charge is 2.24. The monoisotopic (exact) mass is 271 g/mol. The van der Waals surface area contributed by atoms with E-state index in [1.807, 2.05) is 0 Å². The zero-order valence-electron chi connectivity index (χ0n) is 12.1. The Balaban J connectivity index is 1.91. The fraction of sp³-hybridized carbons (Fsp3) is 0.438. The molecule has 1 saturated heterocycles. The van der Waals surface area contributed by atoms with Crippen LogP contribution in [0.25, 0.3) is 10.9 Å². The molecule has 1 aliphatic heterocycles. The molecule has 1 fully saturated rings. The molecule has 4 heteroatoms. The first-order valence-electron chi connectivity index (χ1n) is 7.17. The molecule has 0 bridgehead atoms. The molecule has 2 N–H and O–H groups in total. The summed E-state index contributed by atoms with van der Waals surface area (Å²) in [5.41, 5.74) is 4.08. The van der Waals surface area contributed by atoms with Crippen LogP contribution < -0.4 is 0 Å². The highest BCUT2D eigenvalue weighted by molar-refractivity contribution is 6.04. The van der Waals surface area contributed by atoms with E-state index in [-0.39, 0.29) is 0 Å². The fourth-order valence-electron chi connectivity index (χ4n) is 3.03. The van der Waals surface area contributed by atoms with Crippen molar-refractivity contribution in [2.24, 2.45) is 11.1 Å². The van der Waals surface area contributed by atoms with Gasteiger partial charge in [0.15, 0.2) is 0 Å². The van der Waals surface area contributed by atoms with Crippen molar-refractivity contribution in [1.29, 1.82) is 0 Å². The van der Waals surface area contributed by atoms with E-state index in [1.165, 1.54) is 10.9 Å². The summed E-state index contributed by atoms with van der Waals surface area (Å²) < 4.78 is 0. The predicted molar refractivity (Wildman–Crippen MR) is 81.6 cm³/mol. The molecule has 2 heterocycles. The molecule has 0 aliphatic carbocycles. The molecular formula is C16H21N3O. The van der Waals surface area contributed by atoms with E-state index < -0.39 is 0 Å². The molecule has 0 saturated carbocycles. The highest BCUT2D eigenvalue weighted by atomic mass is 16.4. The third kappa shape index (κ3) is 2.43. The molecule has 4 nitrogen and oxygen atoms in total. The molecule has 0 atom stereocenters. The molecular weight excluding hydrogens is 250 g/mol. The number of benzene rings is 1. The standard InChI is InChI=1S/C16H21N3O/c1-11-3-4-14-13(9-11)10-15(17-14)16(18-20)12-5-7-19(2)8-6-12/h3-4,9-10,12,17,20H,5-8H2,1-2H3/b18-16-. The van der Waals surface area contributed by atoms with Gasteiger partial charge >= 0.3 is 0 Å². The summed E-state index contributed by atoms with van der Waals surface area (Å²) in [4.78, 5) is 5.70. The number of rotatable bonds is 2. The minimum absolute atomic E-state index is 0.338. The SMILES string of the molecule is Cc1ccc2[nH]c(/C(=N\O)C3CCN(C)CC3)cc2c1. The number of piperidine rings is 1. The van der Waals surface area contributed by atoms with Gasteiger partial charge in [-0.1, -0.05) is 16.8 Å². The third-order valence-electron chi connectivity index (χ3n) is 4.27. The van der Waals surface area contributed by atoms with Gasteiger partial charge in [0, 0.05) is 16.8 Å². The lowest BCUT2D eigenvalue weighted by Gasteiger charge is -2.28. The molecule has 0 amide bonds. The molecule has 0 unspecified atom stereocenters. The number of nitrogens with one attached hydrogen (secondary N) is 1. The zero-order valence-corrected chi connectivity index (χ0v) is 12.1. The number of nitrogens with zero attached hydrogens (tertiary/aromatic N) is 2. The Kier molecular flexibility index (Phi) is 3.49. The van der Waals surface area contributed by atoms with Gasteiger partial charge in [-0.25, -0.2) is 0 Å². The number of fused-ring (bicyclic) bond motifs is 1. The van der Waals surface area contributed by atoms with Crippen LogP contribution in [-0.2, 0) is 0 Å². The highest BCUT2D eigenvalue weighted by Crippen LogP contribution is 2.24. The second kappa shape index (κ2) is 5.29. The maximum Gasteiger partial charge on any atom is 0.106 e. The summed E-state index contributed by atoms with van der Waals surface area (Å²) in [6.45, 7) is 4.20. The van der Waals surface area contributed by atoms with Gasteiger partial charge in [0.05, 0.1) is 5.69 Å². The minimum Gasteiger partial charge on any atom is -0.411 e. The van der Waals surface area contributed by atoms with Crippen molar-refractivity contribution in [3.8, 4) is 0 Å². The van der Waals surface area contributed by atoms with E-state index in [9.17, 15) is 5.21 Å². The number of H-pyrrole nitrogens is 1. The summed E-state index contributed by atoms with van der Waals surface area (Å²) in [5.74, 6) is 0.338. The van der Waals surface area contributed by atoms with E-state index in [1.54, 1.807) is 0 Å². The first kappa shape index (κ1) is 13.2. The van der Waals surface area contributed by atoms with Crippen LogP contribution >= 0.6 is 0 Å². The summed E-state index contributed by atoms with van der Waals surface area (Å²) >= 11 is 0. The third-order valence-corrected chi connectivity index (χ3v) is 4.27. The average Bonchev–Trinajstić information content (AvgIpc) is 2.84.